The molecule has 45 heavy (non-hydrogen) atoms. The van der Waals surface area contributed by atoms with Gasteiger partial charge >= 0.3 is 5.97 Å². The molecular formula is C34H24Br2Cl2N2O5. The second kappa shape index (κ2) is 11.6. The van der Waals surface area contributed by atoms with E-state index in [1.165, 1.54) is 17.9 Å². The third-order valence-electron chi connectivity index (χ3n) is 9.16. The maximum atomic E-state index is 13.5. The van der Waals surface area contributed by atoms with E-state index in [4.69, 9.17) is 32.9 Å². The van der Waals surface area contributed by atoms with E-state index in [1.807, 2.05) is 0 Å². The van der Waals surface area contributed by atoms with Crippen LogP contribution < -0.4 is 4.90 Å². The van der Waals surface area contributed by atoms with E-state index >= 15 is 0 Å². The van der Waals surface area contributed by atoms with Gasteiger partial charge in [-0.15, -0.1) is 0 Å². The molecule has 2 bridgehead atoms. The lowest BCUT2D eigenvalue weighted by Crippen LogP contribution is -2.37. The zero-order valence-electron chi connectivity index (χ0n) is 23.6. The number of rotatable bonds is 6. The number of ketones is 1. The Balaban J connectivity index is 1.18. The van der Waals surface area contributed by atoms with Gasteiger partial charge in [0.2, 0.25) is 17.6 Å². The highest BCUT2D eigenvalue weighted by Crippen LogP contribution is 2.60. The molecule has 2 aliphatic carbocycles. The van der Waals surface area contributed by atoms with Gasteiger partial charge < -0.3 is 4.74 Å². The molecule has 2 saturated carbocycles. The number of hydrogen-bond donors (Lipinski definition) is 0. The zero-order chi connectivity index (χ0) is 31.7. The molecule has 11 heteroatoms. The number of anilines is 1. The molecular weight excluding hydrogens is 747 g/mol. The number of nitrogens with zero attached hydrogens (tertiary/aromatic N) is 2. The van der Waals surface area contributed by atoms with Crippen molar-refractivity contribution in [2.24, 2.45) is 23.7 Å². The number of imide groups is 1. The normalized spacial score (nSPS) is 25.9. The van der Waals surface area contributed by atoms with Gasteiger partial charge in [0.05, 0.1) is 34.3 Å². The first-order valence-electron chi connectivity index (χ1n) is 14.4. The minimum Gasteiger partial charge on any atom is -0.451 e. The lowest BCUT2D eigenvalue weighted by atomic mass is 9.81. The van der Waals surface area contributed by atoms with Crippen LogP contribution in [0.4, 0.5) is 5.69 Å². The molecule has 1 aliphatic heterocycles. The van der Waals surface area contributed by atoms with Crippen molar-refractivity contribution in [2.75, 3.05) is 4.90 Å². The third-order valence-corrected chi connectivity index (χ3v) is 12.8. The number of amides is 2. The summed E-state index contributed by atoms with van der Waals surface area (Å²) >= 11 is 19.8. The third kappa shape index (κ3) is 5.12. The molecule has 3 fully saturated rings. The Labute approximate surface area is 285 Å². The molecule has 3 aromatic carbocycles. The summed E-state index contributed by atoms with van der Waals surface area (Å²) in [5.41, 5.74) is 2.65. The fourth-order valence-corrected chi connectivity index (χ4v) is 9.29. The Morgan fingerprint density at radius 1 is 0.889 bits per heavy atom. The minimum atomic E-state index is -1.08. The number of hydrogen-bond acceptors (Lipinski definition) is 6. The number of carbonyl (C=O) groups is 4. The molecule has 7 rings (SSSR count). The number of Topliss-reactive ketones (excluding diaryl/α,β-unsaturated/α-hetero) is 1. The van der Waals surface area contributed by atoms with Crippen molar-refractivity contribution in [1.29, 1.82) is 0 Å². The molecule has 0 N–H and O–H groups in total. The number of esters is 1. The average Bonchev–Trinajstić information content (AvgIpc) is 3.64. The molecule has 0 radical (unpaired) electrons. The number of fused-ring (bicyclic) bond motifs is 6. The molecule has 4 aromatic rings. The molecule has 2 heterocycles. The van der Waals surface area contributed by atoms with Crippen LogP contribution in [-0.2, 0) is 14.3 Å². The largest absolute Gasteiger partial charge is 0.451 e. The predicted molar refractivity (Wildman–Crippen MR) is 179 cm³/mol. The van der Waals surface area contributed by atoms with Crippen LogP contribution in [0, 0.1) is 23.7 Å². The second-order valence-electron chi connectivity index (χ2n) is 11.7. The van der Waals surface area contributed by atoms with Gasteiger partial charge in [-0.05, 0) is 73.7 Å². The van der Waals surface area contributed by atoms with Crippen molar-refractivity contribution in [1.82, 2.24) is 4.98 Å². The maximum Gasteiger partial charge on any atom is 0.339 e. The molecule has 3 aliphatic rings. The van der Waals surface area contributed by atoms with Crippen LogP contribution in [0.5, 0.6) is 0 Å². The van der Waals surface area contributed by atoms with Crippen LogP contribution in [0.15, 0.2) is 72.8 Å². The number of halogens is 4. The van der Waals surface area contributed by atoms with Crippen molar-refractivity contribution >= 4 is 95.2 Å². The van der Waals surface area contributed by atoms with E-state index in [-0.39, 0.29) is 56.5 Å². The zero-order valence-corrected chi connectivity index (χ0v) is 28.3. The first-order valence-corrected chi connectivity index (χ1v) is 17.0. The maximum absolute atomic E-state index is 13.5. The van der Waals surface area contributed by atoms with E-state index in [9.17, 15) is 19.2 Å². The Morgan fingerprint density at radius 2 is 1.53 bits per heavy atom. The van der Waals surface area contributed by atoms with E-state index in [0.29, 0.717) is 43.5 Å². The van der Waals surface area contributed by atoms with Crippen LogP contribution in [0.3, 0.4) is 0 Å². The van der Waals surface area contributed by atoms with Crippen molar-refractivity contribution in [3.63, 3.8) is 0 Å². The Bertz CT molecular complexity index is 1890. The molecule has 7 nitrogen and oxygen atoms in total. The lowest BCUT2D eigenvalue weighted by molar-refractivity contribution is -0.123. The standard InChI is InChI=1S/C34H24Br2Cl2N2O5/c1-15(31(41)17-3-2-4-18(37)11-17)45-34(44)22-14-26(39-25-10-7-19(38)12-21(22)25)16-5-8-20(9-6-16)40-32(42)27-23-13-24(28(27)33(40)43)30(36)29(23)35/h2-12,14-15,23-24,27-30H,13H2,1H3. The van der Waals surface area contributed by atoms with Crippen molar-refractivity contribution in [3.8, 4) is 11.3 Å². The van der Waals surface area contributed by atoms with Gasteiger partial charge in [-0.25, -0.2) is 9.78 Å². The smallest absolute Gasteiger partial charge is 0.339 e. The van der Waals surface area contributed by atoms with Gasteiger partial charge in [-0.3, -0.25) is 19.3 Å². The lowest BCUT2D eigenvalue weighted by Gasteiger charge is -2.28. The quantitative estimate of drug-likeness (QED) is 0.0857. The van der Waals surface area contributed by atoms with Gasteiger partial charge in [0.25, 0.3) is 0 Å². The number of pyridine rings is 1. The predicted octanol–water partition coefficient (Wildman–Crippen LogP) is 7.92. The number of alkyl halides is 2. The van der Waals surface area contributed by atoms with Crippen LogP contribution >= 0.6 is 55.1 Å². The van der Waals surface area contributed by atoms with E-state index in [0.717, 1.165) is 6.42 Å². The average molecular weight is 771 g/mol. The van der Waals surface area contributed by atoms with E-state index in [2.05, 4.69) is 31.9 Å². The van der Waals surface area contributed by atoms with Crippen LogP contribution in [-0.4, -0.2) is 44.3 Å². The fourth-order valence-electron chi connectivity index (χ4n) is 7.05. The molecule has 1 saturated heterocycles. The van der Waals surface area contributed by atoms with Gasteiger partial charge in [-0.1, -0.05) is 79.3 Å². The van der Waals surface area contributed by atoms with Crippen LogP contribution in [0.2, 0.25) is 10.0 Å². The summed E-state index contributed by atoms with van der Waals surface area (Å²) < 4.78 is 5.62. The highest BCUT2D eigenvalue weighted by molar-refractivity contribution is 9.12. The van der Waals surface area contributed by atoms with Gasteiger partial charge in [0.1, 0.15) is 0 Å². The van der Waals surface area contributed by atoms with E-state index in [1.54, 1.807) is 66.7 Å². The van der Waals surface area contributed by atoms with Crippen LogP contribution in [0.1, 0.15) is 34.1 Å². The van der Waals surface area contributed by atoms with Gasteiger partial charge in [-0.2, -0.15) is 0 Å². The summed E-state index contributed by atoms with van der Waals surface area (Å²) in [7, 11) is 0. The molecule has 1 aromatic heterocycles. The fraction of sp³-hybridized carbons (Fsp3) is 0.265. The molecule has 2 amide bonds. The summed E-state index contributed by atoms with van der Waals surface area (Å²) in [4.78, 5) is 59.9. The summed E-state index contributed by atoms with van der Waals surface area (Å²) in [5, 5.41) is 1.28. The summed E-state index contributed by atoms with van der Waals surface area (Å²) in [5.74, 6) is -1.77. The second-order valence-corrected chi connectivity index (χ2v) is 14.7. The van der Waals surface area contributed by atoms with Gasteiger partial charge in [0, 0.05) is 36.2 Å². The summed E-state index contributed by atoms with van der Waals surface area (Å²) in [6.45, 7) is 1.51. The van der Waals surface area contributed by atoms with Crippen LogP contribution in [0.25, 0.3) is 22.2 Å². The summed E-state index contributed by atoms with van der Waals surface area (Å²) in [6, 6.07) is 20.0. The summed E-state index contributed by atoms with van der Waals surface area (Å²) in [6.07, 6.45) is -0.214. The monoisotopic (exact) mass is 768 g/mol. The minimum absolute atomic E-state index is 0.127. The number of ether oxygens (including phenoxy) is 1. The molecule has 7 atom stereocenters. The number of aromatic nitrogens is 1. The number of benzene rings is 3. The SMILES string of the molecule is CC(OC(=O)c1cc(-c2ccc(N3C(=O)C4C5CC(C(Br)C5Br)C4C3=O)cc2)nc2ccc(Cl)cc12)C(=O)c1cccc(Cl)c1. The highest BCUT2D eigenvalue weighted by atomic mass is 79.9. The Hall–Kier alpha value is -3.11. The Kier molecular flexibility index (Phi) is 7.87. The highest BCUT2D eigenvalue weighted by Gasteiger charge is 2.66. The van der Waals surface area contributed by atoms with E-state index < -0.39 is 12.1 Å². The topological polar surface area (TPSA) is 93.6 Å². The van der Waals surface area contributed by atoms with Gasteiger partial charge in [0.15, 0.2) is 6.10 Å². The molecule has 0 spiro atoms. The Morgan fingerprint density at radius 3 is 2.18 bits per heavy atom. The van der Waals surface area contributed by atoms with Crippen molar-refractivity contribution in [3.05, 3.63) is 94.0 Å². The number of carbonyl (C=O) groups excluding carboxylic acids is 4. The molecule has 7 unspecified atom stereocenters. The van der Waals surface area contributed by atoms with Crippen molar-refractivity contribution < 1.29 is 23.9 Å². The van der Waals surface area contributed by atoms with Crippen molar-refractivity contribution in [2.45, 2.75) is 29.1 Å². The first-order chi connectivity index (χ1) is 21.5. The first kappa shape index (κ1) is 30.5. The molecule has 228 valence electrons.